The molecule has 5 rings (SSSR count). The summed E-state index contributed by atoms with van der Waals surface area (Å²) in [6.45, 7) is 14.3. The van der Waals surface area contributed by atoms with E-state index in [-0.39, 0.29) is 49.3 Å². The number of fused-ring (bicyclic) bond motifs is 4. The first kappa shape index (κ1) is 36.1. The van der Waals surface area contributed by atoms with Crippen LogP contribution in [0, 0.1) is 36.6 Å². The molecule has 3 aromatic carbocycles. The van der Waals surface area contributed by atoms with Gasteiger partial charge >= 0.3 is 0 Å². The van der Waals surface area contributed by atoms with E-state index in [1.807, 2.05) is 65.0 Å². The summed E-state index contributed by atoms with van der Waals surface area (Å²) in [4.78, 5) is 16.3. The Bertz CT molecular complexity index is 1780. The van der Waals surface area contributed by atoms with Crippen LogP contribution in [0.2, 0.25) is 0 Å². The third kappa shape index (κ3) is 8.28. The molecule has 4 nitrogen and oxygen atoms in total. The van der Waals surface area contributed by atoms with E-state index in [0.29, 0.717) is 18.0 Å². The number of aliphatic hydroxyl groups excluding tert-OH is 1. The molecule has 0 aliphatic heterocycles. The molecule has 5 aromatic rings. The fourth-order valence-electron chi connectivity index (χ4n) is 5.88. The monoisotopic (exact) mass is 787 g/mol. The van der Waals surface area contributed by atoms with Crippen LogP contribution in [0.15, 0.2) is 71.0 Å². The van der Waals surface area contributed by atoms with Crippen LogP contribution in [-0.2, 0) is 31.3 Å². The second-order valence-electron chi connectivity index (χ2n) is 12.1. The number of carbonyl (C=O) groups is 1. The van der Waals surface area contributed by atoms with Gasteiger partial charge in [0.05, 0.1) is 11.3 Å². The molecule has 0 saturated carbocycles. The number of hydrogen-bond donors (Lipinski definition) is 1. The number of para-hydroxylation sites is 1. The Morgan fingerprint density at radius 1 is 0.956 bits per heavy atom. The summed E-state index contributed by atoms with van der Waals surface area (Å²) in [6.07, 6.45) is 7.40. The van der Waals surface area contributed by atoms with E-state index in [9.17, 15) is 14.3 Å². The molecule has 2 heterocycles. The fraction of sp³-hybridized carbons (Fsp3) is 0.385. The Balaban J connectivity index is 0.000000297. The Morgan fingerprint density at radius 2 is 1.62 bits per heavy atom. The molecule has 0 bridgehead atoms. The molecule has 0 saturated heterocycles. The van der Waals surface area contributed by atoms with Crippen molar-refractivity contribution in [3.05, 3.63) is 89.6 Å². The van der Waals surface area contributed by atoms with Crippen LogP contribution in [-0.4, -0.2) is 15.9 Å². The molecule has 241 valence electrons. The second kappa shape index (κ2) is 16.3. The first-order valence-corrected chi connectivity index (χ1v) is 16.0. The largest absolute Gasteiger partial charge is 0.512 e. The number of hydrogen-bond acceptors (Lipinski definition) is 4. The van der Waals surface area contributed by atoms with Gasteiger partial charge in [-0.3, -0.25) is 4.79 Å². The third-order valence-corrected chi connectivity index (χ3v) is 8.42. The number of ketones is 1. The normalized spacial score (nSPS) is 11.8. The molecule has 0 unspecified atom stereocenters. The van der Waals surface area contributed by atoms with Crippen molar-refractivity contribution in [3.63, 3.8) is 0 Å². The van der Waals surface area contributed by atoms with E-state index in [2.05, 4.69) is 37.0 Å². The zero-order chi connectivity index (χ0) is 32.0. The number of pyridine rings is 1. The molecule has 1 radical (unpaired) electrons. The average molecular weight is 787 g/mol. The van der Waals surface area contributed by atoms with Crippen molar-refractivity contribution in [3.8, 4) is 11.3 Å². The van der Waals surface area contributed by atoms with Gasteiger partial charge < -0.3 is 14.5 Å². The quantitative estimate of drug-likeness (QED) is 0.0870. The number of aryl methyl sites for hydroxylation is 1. The molecule has 45 heavy (non-hydrogen) atoms. The van der Waals surface area contributed by atoms with Crippen LogP contribution in [0.1, 0.15) is 78.4 Å². The first-order valence-electron chi connectivity index (χ1n) is 16.0. The minimum atomic E-state index is -0.186. The van der Waals surface area contributed by atoms with E-state index in [1.165, 1.54) is 6.08 Å². The Labute approximate surface area is 280 Å². The van der Waals surface area contributed by atoms with E-state index in [4.69, 9.17) is 4.42 Å². The van der Waals surface area contributed by atoms with E-state index in [0.717, 1.165) is 75.1 Å². The number of aliphatic hydroxyl groups is 1. The summed E-state index contributed by atoms with van der Waals surface area (Å²) in [6, 6.07) is 19.0. The molecular formula is C39H45FIrNO3-. The smallest absolute Gasteiger partial charge is 0.162 e. The summed E-state index contributed by atoms with van der Waals surface area (Å²) in [5, 5.41) is 13.6. The Morgan fingerprint density at radius 3 is 2.27 bits per heavy atom. The van der Waals surface area contributed by atoms with Gasteiger partial charge in [0.2, 0.25) is 0 Å². The number of nitrogens with zero attached hydrogens (tertiary/aromatic N) is 1. The van der Waals surface area contributed by atoms with Gasteiger partial charge in [-0.2, -0.15) is 0 Å². The molecule has 0 spiro atoms. The van der Waals surface area contributed by atoms with Crippen molar-refractivity contribution in [1.29, 1.82) is 0 Å². The minimum absolute atomic E-state index is 0. The third-order valence-electron chi connectivity index (χ3n) is 8.42. The summed E-state index contributed by atoms with van der Waals surface area (Å²) in [7, 11) is 0. The van der Waals surface area contributed by atoms with Crippen LogP contribution < -0.4 is 0 Å². The van der Waals surface area contributed by atoms with Crippen molar-refractivity contribution in [2.45, 2.75) is 80.6 Å². The number of furan rings is 1. The maximum Gasteiger partial charge on any atom is 0.162 e. The maximum absolute atomic E-state index is 14.9. The number of carbonyl (C=O) groups excluding carboxylic acids is 1. The topological polar surface area (TPSA) is 63.3 Å². The number of halogens is 1. The predicted molar refractivity (Wildman–Crippen MR) is 180 cm³/mol. The minimum Gasteiger partial charge on any atom is -0.512 e. The SMILES string of the molecule is CCC(CC)C(=O)/C=C(\O)C(CC)CC.Cc1[c-]c(-c2nccc3cc(CC(C)C)c(F)cc23)c2oc3ccccc3c2c1.[Ir]. The van der Waals surface area contributed by atoms with Gasteiger partial charge in [-0.05, 0) is 84.3 Å². The average Bonchev–Trinajstić information content (AvgIpc) is 3.37. The molecule has 0 aliphatic rings. The van der Waals surface area contributed by atoms with Crippen molar-refractivity contribution < 1.29 is 38.8 Å². The predicted octanol–water partition coefficient (Wildman–Crippen LogP) is 11.1. The molecular weight excluding hydrogens is 742 g/mol. The van der Waals surface area contributed by atoms with E-state index < -0.39 is 0 Å². The molecule has 6 heteroatoms. The molecule has 2 aromatic heterocycles. The van der Waals surface area contributed by atoms with Crippen molar-refractivity contribution in [2.24, 2.45) is 17.8 Å². The second-order valence-corrected chi connectivity index (χ2v) is 12.1. The number of rotatable bonds is 10. The molecule has 0 aliphatic carbocycles. The zero-order valence-corrected chi connectivity index (χ0v) is 29.9. The molecule has 1 N–H and O–H groups in total. The number of aromatic nitrogens is 1. The summed E-state index contributed by atoms with van der Waals surface area (Å²) >= 11 is 0. The van der Waals surface area contributed by atoms with Gasteiger partial charge in [0.1, 0.15) is 11.4 Å². The van der Waals surface area contributed by atoms with E-state index >= 15 is 0 Å². The maximum atomic E-state index is 14.9. The van der Waals surface area contributed by atoms with Crippen molar-refractivity contribution in [1.82, 2.24) is 4.98 Å². The van der Waals surface area contributed by atoms with Gasteiger partial charge in [-0.1, -0.05) is 77.6 Å². The van der Waals surface area contributed by atoms with Crippen molar-refractivity contribution in [2.75, 3.05) is 0 Å². The number of benzene rings is 3. The summed E-state index contributed by atoms with van der Waals surface area (Å²) < 4.78 is 21.1. The number of allylic oxidation sites excluding steroid dienone is 2. The van der Waals surface area contributed by atoms with Crippen LogP contribution in [0.25, 0.3) is 44.0 Å². The van der Waals surface area contributed by atoms with Gasteiger partial charge in [0.15, 0.2) is 5.78 Å². The Kier molecular flexibility index (Phi) is 13.1. The van der Waals surface area contributed by atoms with Gasteiger partial charge in [0, 0.05) is 49.6 Å². The van der Waals surface area contributed by atoms with Crippen LogP contribution >= 0.6 is 0 Å². The summed E-state index contributed by atoms with van der Waals surface area (Å²) in [5.74, 6) is 0.753. The Hall–Kier alpha value is -3.34. The van der Waals surface area contributed by atoms with Gasteiger partial charge in [-0.25, -0.2) is 4.39 Å². The van der Waals surface area contributed by atoms with Crippen molar-refractivity contribution >= 4 is 38.5 Å². The van der Waals surface area contributed by atoms with Gasteiger partial charge in [0.25, 0.3) is 0 Å². The fourth-order valence-corrected chi connectivity index (χ4v) is 5.88. The molecule has 0 amide bonds. The van der Waals surface area contributed by atoms with Crippen LogP contribution in [0.4, 0.5) is 4.39 Å². The standard InChI is InChI=1S/C26H21FNO.C13H24O2.Ir/c1-15(2)10-18-13-17-8-9-28-25(20(17)14-23(18)27)22-12-16(3)11-21-19-6-4-5-7-24(19)29-26(21)22;1-5-10(6-2)12(14)9-13(15)11(7-3)8-4;/h4-9,11,13-15H,10H2,1-3H3;9-11,14H,5-8H2,1-4H3;/q-1;;/b;12-9-;. The zero-order valence-electron chi connectivity index (χ0n) is 27.5. The summed E-state index contributed by atoms with van der Waals surface area (Å²) in [5.41, 5.74) is 4.78. The van der Waals surface area contributed by atoms with E-state index in [1.54, 1.807) is 12.3 Å². The van der Waals surface area contributed by atoms with Crippen LogP contribution in [0.3, 0.4) is 0 Å². The first-order chi connectivity index (χ1) is 21.1. The van der Waals surface area contributed by atoms with Gasteiger partial charge in [-0.15, -0.1) is 17.7 Å². The molecule has 0 atom stereocenters. The van der Waals surface area contributed by atoms with Crippen LogP contribution in [0.5, 0.6) is 0 Å². The molecule has 0 fully saturated rings.